The van der Waals surface area contributed by atoms with Crippen molar-refractivity contribution in [3.8, 4) is 11.5 Å². The third-order valence-corrected chi connectivity index (χ3v) is 3.72. The normalized spacial score (nSPS) is 12.0. The van der Waals surface area contributed by atoms with Crippen molar-refractivity contribution in [2.45, 2.75) is 13.0 Å². The van der Waals surface area contributed by atoms with E-state index in [2.05, 4.69) is 40.3 Å². The maximum atomic E-state index is 5.67. The smallest absolute Gasteiger partial charge is 0.122 e. The molecule has 0 aliphatic heterocycles. The van der Waals surface area contributed by atoms with Crippen molar-refractivity contribution in [3.63, 3.8) is 0 Å². The van der Waals surface area contributed by atoms with Gasteiger partial charge >= 0.3 is 0 Å². The van der Waals surface area contributed by atoms with Crippen LogP contribution in [-0.4, -0.2) is 20.3 Å². The van der Waals surface area contributed by atoms with Crippen LogP contribution in [0.4, 0.5) is 0 Å². The molecule has 0 aromatic heterocycles. The van der Waals surface area contributed by atoms with Gasteiger partial charge in [-0.25, -0.2) is 0 Å². The third-order valence-electron chi connectivity index (χ3n) is 3.23. The van der Waals surface area contributed by atoms with Crippen LogP contribution in [-0.2, 0) is 0 Å². The van der Waals surface area contributed by atoms with Gasteiger partial charge in [0.1, 0.15) is 24.7 Å². The van der Waals surface area contributed by atoms with Gasteiger partial charge < -0.3 is 14.8 Å². The van der Waals surface area contributed by atoms with Crippen LogP contribution in [0.2, 0.25) is 0 Å². The fourth-order valence-electron chi connectivity index (χ4n) is 1.90. The molecule has 2 aromatic carbocycles. The Hall–Kier alpha value is -1.52. The lowest BCUT2D eigenvalue weighted by atomic mass is 10.1. The fraction of sp³-hybridized carbons (Fsp3) is 0.294. The van der Waals surface area contributed by atoms with Crippen LogP contribution in [0.1, 0.15) is 18.5 Å². The van der Waals surface area contributed by atoms with Crippen LogP contribution in [0.3, 0.4) is 0 Å². The molecular formula is C17H20BrNO2. The number of hydrogen-bond acceptors (Lipinski definition) is 3. The summed E-state index contributed by atoms with van der Waals surface area (Å²) in [7, 11) is 1.95. The Balaban J connectivity index is 1.76. The Bertz CT molecular complexity index is 557. The van der Waals surface area contributed by atoms with Crippen molar-refractivity contribution in [1.82, 2.24) is 5.32 Å². The lowest BCUT2D eigenvalue weighted by molar-refractivity contribution is 0.217. The minimum absolute atomic E-state index is 0.346. The topological polar surface area (TPSA) is 30.5 Å². The number of hydrogen-bond donors (Lipinski definition) is 1. The van der Waals surface area contributed by atoms with E-state index < -0.39 is 0 Å². The molecule has 0 saturated heterocycles. The molecule has 0 amide bonds. The first-order chi connectivity index (χ1) is 10.2. The van der Waals surface area contributed by atoms with E-state index in [1.807, 2.05) is 43.4 Å². The molecule has 1 atom stereocenters. The first-order valence-electron chi connectivity index (χ1n) is 6.97. The summed E-state index contributed by atoms with van der Waals surface area (Å²) < 4.78 is 12.3. The Morgan fingerprint density at radius 2 is 1.67 bits per heavy atom. The van der Waals surface area contributed by atoms with E-state index >= 15 is 0 Å². The number of benzene rings is 2. The van der Waals surface area contributed by atoms with Crippen molar-refractivity contribution in [1.29, 1.82) is 0 Å². The first-order valence-corrected chi connectivity index (χ1v) is 7.77. The predicted octanol–water partition coefficient (Wildman–Crippen LogP) is 4.19. The highest BCUT2D eigenvalue weighted by molar-refractivity contribution is 9.10. The van der Waals surface area contributed by atoms with E-state index in [1.54, 1.807) is 0 Å². The Morgan fingerprint density at radius 3 is 2.29 bits per heavy atom. The summed E-state index contributed by atoms with van der Waals surface area (Å²) in [6, 6.07) is 16.3. The van der Waals surface area contributed by atoms with E-state index in [0.717, 1.165) is 16.0 Å². The summed E-state index contributed by atoms with van der Waals surface area (Å²) in [6.07, 6.45) is 0. The number of rotatable bonds is 7. The van der Waals surface area contributed by atoms with Crippen molar-refractivity contribution in [2.75, 3.05) is 20.3 Å². The average molecular weight is 350 g/mol. The molecule has 2 rings (SSSR count). The lowest BCUT2D eigenvalue weighted by Crippen LogP contribution is -2.12. The van der Waals surface area contributed by atoms with Crippen LogP contribution < -0.4 is 14.8 Å². The summed E-state index contributed by atoms with van der Waals surface area (Å²) in [4.78, 5) is 0. The van der Waals surface area contributed by atoms with Crippen molar-refractivity contribution in [2.24, 2.45) is 0 Å². The Labute approximate surface area is 134 Å². The monoisotopic (exact) mass is 349 g/mol. The van der Waals surface area contributed by atoms with Crippen LogP contribution >= 0.6 is 15.9 Å². The molecule has 2 aromatic rings. The van der Waals surface area contributed by atoms with Crippen LogP contribution in [0.15, 0.2) is 53.0 Å². The molecular weight excluding hydrogens is 330 g/mol. The van der Waals surface area contributed by atoms with Crippen LogP contribution in [0.25, 0.3) is 0 Å². The molecule has 4 heteroatoms. The summed E-state index contributed by atoms with van der Waals surface area (Å²) in [6.45, 7) is 3.17. The van der Waals surface area contributed by atoms with Gasteiger partial charge in [-0.2, -0.15) is 0 Å². The van der Waals surface area contributed by atoms with E-state index in [0.29, 0.717) is 19.3 Å². The number of nitrogens with one attached hydrogen (secondary N) is 1. The zero-order chi connectivity index (χ0) is 15.1. The summed E-state index contributed by atoms with van der Waals surface area (Å²) in [5.41, 5.74) is 1.25. The molecule has 0 bridgehead atoms. The third kappa shape index (κ3) is 5.06. The minimum atomic E-state index is 0.346. The number of ether oxygens (including phenoxy) is 2. The van der Waals surface area contributed by atoms with Gasteiger partial charge in [0.05, 0.1) is 0 Å². The standard InChI is InChI=1S/C17H20BrNO2/c1-13(19-2)14-6-8-16(9-7-14)20-10-11-21-17-5-3-4-15(18)12-17/h3-9,12-13,19H,10-11H2,1-2H3. The minimum Gasteiger partial charge on any atom is -0.490 e. The van der Waals surface area contributed by atoms with Gasteiger partial charge in [-0.3, -0.25) is 0 Å². The van der Waals surface area contributed by atoms with Gasteiger partial charge in [0.15, 0.2) is 0 Å². The van der Waals surface area contributed by atoms with E-state index in [1.165, 1.54) is 5.56 Å². The predicted molar refractivity (Wildman–Crippen MR) is 89.0 cm³/mol. The van der Waals surface area contributed by atoms with Gasteiger partial charge in [0.2, 0.25) is 0 Å². The summed E-state index contributed by atoms with van der Waals surface area (Å²) in [5.74, 6) is 1.70. The van der Waals surface area contributed by atoms with Crippen molar-refractivity contribution >= 4 is 15.9 Å². The molecule has 0 spiro atoms. The zero-order valence-electron chi connectivity index (χ0n) is 12.3. The SMILES string of the molecule is CNC(C)c1ccc(OCCOc2cccc(Br)c2)cc1. The van der Waals surface area contributed by atoms with Crippen LogP contribution in [0.5, 0.6) is 11.5 Å². The second-order valence-corrected chi connectivity index (χ2v) is 5.65. The first kappa shape index (κ1) is 15.9. The molecule has 0 radical (unpaired) electrons. The van der Waals surface area contributed by atoms with E-state index in [9.17, 15) is 0 Å². The second kappa shape index (κ2) is 8.05. The molecule has 21 heavy (non-hydrogen) atoms. The highest BCUT2D eigenvalue weighted by Crippen LogP contribution is 2.19. The maximum Gasteiger partial charge on any atom is 0.122 e. The van der Waals surface area contributed by atoms with Gasteiger partial charge in [-0.15, -0.1) is 0 Å². The van der Waals surface area contributed by atoms with Crippen molar-refractivity contribution < 1.29 is 9.47 Å². The van der Waals surface area contributed by atoms with Crippen molar-refractivity contribution in [3.05, 3.63) is 58.6 Å². The molecule has 0 heterocycles. The molecule has 0 saturated carbocycles. The molecule has 0 fully saturated rings. The van der Waals surface area contributed by atoms with Gasteiger partial charge in [0.25, 0.3) is 0 Å². The molecule has 1 unspecified atom stereocenters. The quantitative estimate of drug-likeness (QED) is 0.760. The Morgan fingerprint density at radius 1 is 1.00 bits per heavy atom. The fourth-order valence-corrected chi connectivity index (χ4v) is 2.27. The maximum absolute atomic E-state index is 5.67. The summed E-state index contributed by atoms with van der Waals surface area (Å²) in [5, 5.41) is 3.21. The van der Waals surface area contributed by atoms with E-state index in [-0.39, 0.29) is 0 Å². The van der Waals surface area contributed by atoms with Crippen LogP contribution in [0, 0.1) is 0 Å². The molecule has 3 nitrogen and oxygen atoms in total. The molecule has 1 N–H and O–H groups in total. The largest absolute Gasteiger partial charge is 0.490 e. The molecule has 112 valence electrons. The van der Waals surface area contributed by atoms with Gasteiger partial charge in [-0.05, 0) is 49.9 Å². The summed E-state index contributed by atoms with van der Waals surface area (Å²) >= 11 is 3.42. The van der Waals surface area contributed by atoms with Gasteiger partial charge in [0, 0.05) is 10.5 Å². The molecule has 0 aliphatic rings. The second-order valence-electron chi connectivity index (χ2n) is 4.73. The average Bonchev–Trinajstić information content (AvgIpc) is 2.51. The molecule has 0 aliphatic carbocycles. The Kier molecular flexibility index (Phi) is 6.08. The highest BCUT2D eigenvalue weighted by Gasteiger charge is 2.02. The highest BCUT2D eigenvalue weighted by atomic mass is 79.9. The van der Waals surface area contributed by atoms with E-state index in [4.69, 9.17) is 9.47 Å². The number of halogens is 1. The zero-order valence-corrected chi connectivity index (χ0v) is 13.9. The lowest BCUT2D eigenvalue weighted by Gasteiger charge is -2.12. The van der Waals surface area contributed by atoms with Gasteiger partial charge in [-0.1, -0.05) is 34.1 Å².